The Bertz CT molecular complexity index is 1610. The number of ether oxygens (including phenoxy) is 2. The summed E-state index contributed by atoms with van der Waals surface area (Å²) in [7, 11) is 4.95. The number of amides is 2. The number of aromatic nitrogens is 3. The molecule has 1 aliphatic heterocycles. The molecule has 0 aliphatic carbocycles. The van der Waals surface area contributed by atoms with E-state index >= 15 is 0 Å². The molecule has 42 heavy (non-hydrogen) atoms. The minimum absolute atomic E-state index is 0.114. The number of nitrogens with zero attached hydrogens (tertiary/aromatic N) is 5. The molecule has 4 aromatic rings. The van der Waals surface area contributed by atoms with Gasteiger partial charge in [0.25, 0.3) is 11.8 Å². The van der Waals surface area contributed by atoms with Crippen LogP contribution in [0.15, 0.2) is 87.5 Å². The number of rotatable bonds is 10. The molecule has 2 heterocycles. The van der Waals surface area contributed by atoms with Crippen LogP contribution in [0.4, 0.5) is 0 Å². The van der Waals surface area contributed by atoms with Gasteiger partial charge < -0.3 is 19.4 Å². The van der Waals surface area contributed by atoms with E-state index in [2.05, 4.69) is 31.4 Å². The van der Waals surface area contributed by atoms with Gasteiger partial charge in [-0.1, -0.05) is 64.1 Å². The van der Waals surface area contributed by atoms with E-state index in [4.69, 9.17) is 14.6 Å². The normalized spacial score (nSPS) is 14.4. The summed E-state index contributed by atoms with van der Waals surface area (Å²) in [5.74, 6) is 1.48. The molecule has 2 amide bonds. The van der Waals surface area contributed by atoms with E-state index in [9.17, 15) is 9.59 Å². The Morgan fingerprint density at radius 2 is 1.74 bits per heavy atom. The SMILES string of the molecule is COc1ccc([C@H]2CC(c3ccc(Br)cc3)=NN2C(=O)CSc2nnc(CNC(=O)c3ccccc3OC)n2C)cc1. The van der Waals surface area contributed by atoms with Crippen molar-refractivity contribution < 1.29 is 19.1 Å². The van der Waals surface area contributed by atoms with Crippen molar-refractivity contribution >= 4 is 45.2 Å². The molecule has 5 rings (SSSR count). The van der Waals surface area contributed by atoms with E-state index in [-0.39, 0.29) is 30.2 Å². The van der Waals surface area contributed by atoms with E-state index < -0.39 is 0 Å². The van der Waals surface area contributed by atoms with Gasteiger partial charge in [-0.15, -0.1) is 10.2 Å². The maximum absolute atomic E-state index is 13.5. The summed E-state index contributed by atoms with van der Waals surface area (Å²) in [6.45, 7) is 0.168. The fraction of sp³-hybridized carbons (Fsp3) is 0.233. The first-order valence-corrected chi connectivity index (χ1v) is 14.9. The van der Waals surface area contributed by atoms with Crippen LogP contribution in [0.3, 0.4) is 0 Å². The molecular formula is C30H29BrN6O4S. The number of hydrazone groups is 1. The van der Waals surface area contributed by atoms with E-state index in [0.717, 1.165) is 27.1 Å². The number of carbonyl (C=O) groups excluding carboxylic acids is 2. The molecule has 0 saturated carbocycles. The van der Waals surface area contributed by atoms with Crippen molar-refractivity contribution in [2.75, 3.05) is 20.0 Å². The van der Waals surface area contributed by atoms with Crippen molar-refractivity contribution in [2.24, 2.45) is 12.1 Å². The van der Waals surface area contributed by atoms with Crippen LogP contribution in [0.5, 0.6) is 11.5 Å². The van der Waals surface area contributed by atoms with Gasteiger partial charge in [-0.3, -0.25) is 9.59 Å². The highest BCUT2D eigenvalue weighted by Crippen LogP contribution is 2.34. The lowest BCUT2D eigenvalue weighted by atomic mass is 9.98. The van der Waals surface area contributed by atoms with Crippen LogP contribution in [0, 0.1) is 0 Å². The van der Waals surface area contributed by atoms with Crippen molar-refractivity contribution in [3.05, 3.63) is 99.8 Å². The minimum Gasteiger partial charge on any atom is -0.497 e. The average molecular weight is 650 g/mol. The van der Waals surface area contributed by atoms with Crippen LogP contribution in [-0.4, -0.2) is 57.3 Å². The second-order valence-electron chi connectivity index (χ2n) is 9.41. The number of thioether (sulfide) groups is 1. The number of methoxy groups -OCH3 is 2. The zero-order valence-electron chi connectivity index (χ0n) is 23.3. The average Bonchev–Trinajstić information content (AvgIpc) is 3.63. The number of carbonyl (C=O) groups is 2. The maximum atomic E-state index is 13.5. The van der Waals surface area contributed by atoms with Gasteiger partial charge in [-0.05, 0) is 47.5 Å². The molecule has 1 aromatic heterocycles. The summed E-state index contributed by atoms with van der Waals surface area (Å²) in [4.78, 5) is 26.2. The lowest BCUT2D eigenvalue weighted by molar-refractivity contribution is -0.130. The molecule has 0 spiro atoms. The van der Waals surface area contributed by atoms with Gasteiger partial charge in [-0.25, -0.2) is 5.01 Å². The zero-order valence-corrected chi connectivity index (χ0v) is 25.7. The van der Waals surface area contributed by atoms with Gasteiger partial charge in [0, 0.05) is 17.9 Å². The van der Waals surface area contributed by atoms with Crippen LogP contribution >= 0.6 is 27.7 Å². The largest absolute Gasteiger partial charge is 0.497 e. The molecule has 10 nitrogen and oxygen atoms in total. The first-order chi connectivity index (χ1) is 20.4. The number of hydrogen-bond donors (Lipinski definition) is 1. The molecular weight excluding hydrogens is 620 g/mol. The van der Waals surface area contributed by atoms with Crippen molar-refractivity contribution in [3.63, 3.8) is 0 Å². The third-order valence-electron chi connectivity index (χ3n) is 6.85. The molecule has 1 aliphatic rings. The molecule has 216 valence electrons. The van der Waals surface area contributed by atoms with Gasteiger partial charge in [0.2, 0.25) is 0 Å². The van der Waals surface area contributed by atoms with Crippen molar-refractivity contribution in [2.45, 2.75) is 24.2 Å². The lowest BCUT2D eigenvalue weighted by Crippen LogP contribution is -2.28. The summed E-state index contributed by atoms with van der Waals surface area (Å²) in [6.07, 6.45) is 0.588. The molecule has 0 unspecified atom stereocenters. The number of hydrogen-bond acceptors (Lipinski definition) is 8. The zero-order chi connectivity index (χ0) is 29.6. The molecule has 3 aromatic carbocycles. The summed E-state index contributed by atoms with van der Waals surface area (Å²) in [5, 5.41) is 18.2. The summed E-state index contributed by atoms with van der Waals surface area (Å²) in [5.41, 5.74) is 3.21. The monoisotopic (exact) mass is 648 g/mol. The topological polar surface area (TPSA) is 111 Å². The van der Waals surface area contributed by atoms with E-state index in [0.29, 0.717) is 28.7 Å². The van der Waals surface area contributed by atoms with Crippen LogP contribution in [0.2, 0.25) is 0 Å². The number of nitrogens with one attached hydrogen (secondary N) is 1. The Hall–Kier alpha value is -4.16. The predicted octanol–water partition coefficient (Wildman–Crippen LogP) is 4.99. The highest BCUT2D eigenvalue weighted by Gasteiger charge is 2.33. The number of benzene rings is 3. The second-order valence-corrected chi connectivity index (χ2v) is 11.3. The van der Waals surface area contributed by atoms with E-state index in [1.165, 1.54) is 18.9 Å². The lowest BCUT2D eigenvalue weighted by Gasteiger charge is -2.22. The quantitative estimate of drug-likeness (QED) is 0.241. The molecule has 12 heteroatoms. The fourth-order valence-electron chi connectivity index (χ4n) is 4.55. The molecule has 1 N–H and O–H groups in total. The number of halogens is 1. The first-order valence-electron chi connectivity index (χ1n) is 13.1. The van der Waals surface area contributed by atoms with Crippen molar-refractivity contribution in [1.82, 2.24) is 25.1 Å². The van der Waals surface area contributed by atoms with Crippen LogP contribution in [0.1, 0.15) is 39.8 Å². The standard InChI is InChI=1S/C30H29BrN6O4S/c1-36-27(17-32-29(39)23-6-4-5-7-26(23)41-3)33-34-30(36)42-18-28(38)37-25(20-10-14-22(40-2)15-11-20)16-24(35-37)19-8-12-21(31)13-9-19/h4-15,25H,16-18H2,1-3H3,(H,32,39)/t25-/m1/s1. The van der Waals surface area contributed by atoms with Gasteiger partial charge >= 0.3 is 0 Å². The van der Waals surface area contributed by atoms with Gasteiger partial charge in [0.15, 0.2) is 11.0 Å². The van der Waals surface area contributed by atoms with E-state index in [1.807, 2.05) is 48.5 Å². The van der Waals surface area contributed by atoms with Gasteiger partial charge in [0.1, 0.15) is 11.5 Å². The van der Waals surface area contributed by atoms with Crippen LogP contribution in [0.25, 0.3) is 0 Å². The van der Waals surface area contributed by atoms with E-state index in [1.54, 1.807) is 48.0 Å². The summed E-state index contributed by atoms with van der Waals surface area (Å²) in [6, 6.07) is 22.4. The maximum Gasteiger partial charge on any atom is 0.255 e. The molecule has 0 fully saturated rings. The molecule has 0 radical (unpaired) electrons. The van der Waals surface area contributed by atoms with Gasteiger partial charge in [-0.2, -0.15) is 5.10 Å². The molecule has 0 saturated heterocycles. The minimum atomic E-state index is -0.280. The van der Waals surface area contributed by atoms with Crippen LogP contribution < -0.4 is 14.8 Å². The highest BCUT2D eigenvalue weighted by atomic mass is 79.9. The third kappa shape index (κ3) is 6.50. The highest BCUT2D eigenvalue weighted by molar-refractivity contribution is 9.10. The second kappa shape index (κ2) is 13.2. The number of para-hydroxylation sites is 1. The Balaban J connectivity index is 1.27. The fourth-order valence-corrected chi connectivity index (χ4v) is 5.59. The van der Waals surface area contributed by atoms with Crippen molar-refractivity contribution in [3.8, 4) is 11.5 Å². The Kier molecular flexibility index (Phi) is 9.23. The van der Waals surface area contributed by atoms with Crippen molar-refractivity contribution in [1.29, 1.82) is 0 Å². The first kappa shape index (κ1) is 29.3. The molecule has 0 bridgehead atoms. The molecule has 1 atom stereocenters. The summed E-state index contributed by atoms with van der Waals surface area (Å²) < 4.78 is 13.3. The van der Waals surface area contributed by atoms with Crippen LogP contribution in [-0.2, 0) is 18.4 Å². The Labute approximate surface area is 256 Å². The third-order valence-corrected chi connectivity index (χ3v) is 8.39. The predicted molar refractivity (Wildman–Crippen MR) is 164 cm³/mol. The Morgan fingerprint density at radius 3 is 2.45 bits per heavy atom. The summed E-state index contributed by atoms with van der Waals surface area (Å²) >= 11 is 4.75. The Morgan fingerprint density at radius 1 is 1.00 bits per heavy atom. The van der Waals surface area contributed by atoms with Gasteiger partial charge in [0.05, 0.1) is 43.8 Å². The smallest absolute Gasteiger partial charge is 0.255 e.